The van der Waals surface area contributed by atoms with E-state index in [1.165, 1.54) is 12.8 Å². The van der Waals surface area contributed by atoms with Gasteiger partial charge in [-0.1, -0.05) is 6.42 Å². The van der Waals surface area contributed by atoms with Crippen LogP contribution in [0.2, 0.25) is 0 Å². The third-order valence-corrected chi connectivity index (χ3v) is 2.24. The average Bonchev–Trinajstić information content (AvgIpc) is 1.88. The van der Waals surface area contributed by atoms with E-state index in [0.29, 0.717) is 5.78 Å². The van der Waals surface area contributed by atoms with Crippen LogP contribution in [0.25, 0.3) is 0 Å². The number of carbonyl (C=O) groups excluding carboxylic acids is 1. The van der Waals surface area contributed by atoms with Crippen molar-refractivity contribution in [1.82, 2.24) is 4.90 Å². The van der Waals surface area contributed by atoms with Crippen molar-refractivity contribution in [3.05, 3.63) is 0 Å². The predicted molar refractivity (Wildman–Crippen MR) is 41.0 cm³/mol. The third-order valence-electron chi connectivity index (χ3n) is 2.24. The van der Waals surface area contributed by atoms with E-state index < -0.39 is 0 Å². The molecule has 0 aliphatic carbocycles. The largest absolute Gasteiger partial charge is 0.298 e. The van der Waals surface area contributed by atoms with E-state index in [1.807, 2.05) is 7.05 Å². The number of Topliss-reactive ketones (excluding diaryl/α,β-unsaturated/α-hetero) is 1. The Bertz CT molecular complexity index is 133. The van der Waals surface area contributed by atoms with Gasteiger partial charge in [0.05, 0.1) is 6.04 Å². The lowest BCUT2D eigenvalue weighted by Crippen LogP contribution is -2.40. The van der Waals surface area contributed by atoms with Gasteiger partial charge in [-0.05, 0) is 33.4 Å². The van der Waals surface area contributed by atoms with Crippen LogP contribution in [-0.2, 0) is 4.79 Å². The molecule has 1 aliphatic rings. The van der Waals surface area contributed by atoms with Crippen molar-refractivity contribution in [1.29, 1.82) is 0 Å². The molecule has 1 saturated heterocycles. The summed E-state index contributed by atoms with van der Waals surface area (Å²) in [6, 6.07) is 0.216. The summed E-state index contributed by atoms with van der Waals surface area (Å²) in [5, 5.41) is 0. The first-order valence-corrected chi connectivity index (χ1v) is 3.92. The lowest BCUT2D eigenvalue weighted by molar-refractivity contribution is -0.122. The maximum Gasteiger partial charge on any atom is 0.146 e. The SMILES string of the molecule is CC(=O)[C@@H]1CCCCN1C. The molecule has 0 aromatic rings. The fraction of sp³-hybridized carbons (Fsp3) is 0.875. The summed E-state index contributed by atoms with van der Waals surface area (Å²) in [5.41, 5.74) is 0. The van der Waals surface area contributed by atoms with Crippen LogP contribution in [0.15, 0.2) is 0 Å². The molecule has 0 radical (unpaired) electrons. The van der Waals surface area contributed by atoms with E-state index in [9.17, 15) is 4.79 Å². The first kappa shape index (κ1) is 7.73. The first-order chi connectivity index (χ1) is 4.72. The molecule has 0 bridgehead atoms. The van der Waals surface area contributed by atoms with Gasteiger partial charge in [0.25, 0.3) is 0 Å². The van der Waals surface area contributed by atoms with Gasteiger partial charge < -0.3 is 0 Å². The monoisotopic (exact) mass is 141 g/mol. The summed E-state index contributed by atoms with van der Waals surface area (Å²) >= 11 is 0. The van der Waals surface area contributed by atoms with Crippen LogP contribution in [0.5, 0.6) is 0 Å². The topological polar surface area (TPSA) is 20.3 Å². The van der Waals surface area contributed by atoms with Crippen LogP contribution in [0.1, 0.15) is 26.2 Å². The number of likely N-dealkylation sites (N-methyl/N-ethyl adjacent to an activating group) is 1. The molecule has 0 amide bonds. The summed E-state index contributed by atoms with van der Waals surface area (Å²) in [4.78, 5) is 13.1. The highest BCUT2D eigenvalue weighted by Gasteiger charge is 2.21. The molecule has 0 aromatic carbocycles. The lowest BCUT2D eigenvalue weighted by atomic mass is 10.0. The molecule has 0 unspecified atom stereocenters. The Kier molecular flexibility index (Phi) is 2.44. The fourth-order valence-corrected chi connectivity index (χ4v) is 1.59. The summed E-state index contributed by atoms with van der Waals surface area (Å²) in [7, 11) is 2.03. The van der Waals surface area contributed by atoms with Crippen LogP contribution in [0, 0.1) is 0 Å². The van der Waals surface area contributed by atoms with Crippen LogP contribution in [0.3, 0.4) is 0 Å². The number of hydrogen-bond acceptors (Lipinski definition) is 2. The van der Waals surface area contributed by atoms with Crippen LogP contribution in [0.4, 0.5) is 0 Å². The molecule has 2 nitrogen and oxygen atoms in total. The minimum atomic E-state index is 0.216. The summed E-state index contributed by atoms with van der Waals surface area (Å²) < 4.78 is 0. The predicted octanol–water partition coefficient (Wildman–Crippen LogP) is 1.06. The van der Waals surface area contributed by atoms with E-state index in [-0.39, 0.29) is 6.04 Å². The smallest absolute Gasteiger partial charge is 0.146 e. The lowest BCUT2D eigenvalue weighted by Gasteiger charge is -2.30. The Morgan fingerprint density at radius 2 is 2.20 bits per heavy atom. The van der Waals surface area contributed by atoms with E-state index in [1.54, 1.807) is 6.92 Å². The van der Waals surface area contributed by atoms with Crippen molar-refractivity contribution in [2.75, 3.05) is 13.6 Å². The van der Waals surface area contributed by atoms with Gasteiger partial charge in [0.15, 0.2) is 0 Å². The van der Waals surface area contributed by atoms with Gasteiger partial charge >= 0.3 is 0 Å². The molecular formula is C8H15NO. The molecule has 2 heteroatoms. The number of piperidine rings is 1. The van der Waals surface area contributed by atoms with Crippen molar-refractivity contribution in [2.45, 2.75) is 32.2 Å². The van der Waals surface area contributed by atoms with Gasteiger partial charge in [-0.2, -0.15) is 0 Å². The van der Waals surface area contributed by atoms with Gasteiger partial charge in [0.2, 0.25) is 0 Å². The number of rotatable bonds is 1. The van der Waals surface area contributed by atoms with Gasteiger partial charge in [0.1, 0.15) is 5.78 Å². The minimum absolute atomic E-state index is 0.216. The van der Waals surface area contributed by atoms with Gasteiger partial charge in [-0.25, -0.2) is 0 Å². The average molecular weight is 141 g/mol. The first-order valence-electron chi connectivity index (χ1n) is 3.92. The number of hydrogen-bond donors (Lipinski definition) is 0. The maximum atomic E-state index is 11.0. The molecule has 1 aliphatic heterocycles. The van der Waals surface area contributed by atoms with Gasteiger partial charge in [0, 0.05) is 0 Å². The molecule has 1 atom stereocenters. The fourth-order valence-electron chi connectivity index (χ4n) is 1.59. The van der Waals surface area contributed by atoms with Gasteiger partial charge in [-0.3, -0.25) is 9.69 Å². The number of carbonyl (C=O) groups is 1. The highest BCUT2D eigenvalue weighted by Crippen LogP contribution is 2.14. The molecule has 1 heterocycles. The summed E-state index contributed by atoms with van der Waals surface area (Å²) in [5.74, 6) is 0.321. The molecule has 1 rings (SSSR count). The Hall–Kier alpha value is -0.370. The van der Waals surface area contributed by atoms with Gasteiger partial charge in [-0.15, -0.1) is 0 Å². The second-order valence-corrected chi connectivity index (χ2v) is 3.10. The van der Waals surface area contributed by atoms with E-state index in [2.05, 4.69) is 4.90 Å². The van der Waals surface area contributed by atoms with Crippen LogP contribution < -0.4 is 0 Å². The molecule has 0 aromatic heterocycles. The highest BCUT2D eigenvalue weighted by atomic mass is 16.1. The quantitative estimate of drug-likeness (QED) is 0.544. The highest BCUT2D eigenvalue weighted by molar-refractivity contribution is 5.81. The zero-order valence-corrected chi connectivity index (χ0v) is 6.76. The van der Waals surface area contributed by atoms with Crippen molar-refractivity contribution in [3.8, 4) is 0 Å². The Balaban J connectivity index is 2.47. The van der Waals surface area contributed by atoms with E-state index in [0.717, 1.165) is 13.0 Å². The maximum absolute atomic E-state index is 11.0. The van der Waals surface area contributed by atoms with E-state index in [4.69, 9.17) is 0 Å². The number of nitrogens with zero attached hydrogens (tertiary/aromatic N) is 1. The Morgan fingerprint density at radius 1 is 1.50 bits per heavy atom. The third kappa shape index (κ3) is 1.57. The summed E-state index contributed by atoms with van der Waals surface area (Å²) in [6.45, 7) is 2.77. The zero-order valence-electron chi connectivity index (χ0n) is 6.76. The molecular weight excluding hydrogens is 126 g/mol. The zero-order chi connectivity index (χ0) is 7.56. The second-order valence-electron chi connectivity index (χ2n) is 3.10. The summed E-state index contributed by atoms with van der Waals surface area (Å²) in [6.07, 6.45) is 3.53. The van der Waals surface area contributed by atoms with Crippen molar-refractivity contribution in [3.63, 3.8) is 0 Å². The standard InChI is InChI=1S/C8H15NO/c1-7(10)8-5-3-4-6-9(8)2/h8H,3-6H2,1-2H3/t8-/m0/s1. The molecule has 0 N–H and O–H groups in total. The molecule has 1 fully saturated rings. The normalized spacial score (nSPS) is 28.4. The molecule has 10 heavy (non-hydrogen) atoms. The Labute approximate surface area is 62.2 Å². The van der Waals surface area contributed by atoms with Crippen LogP contribution >= 0.6 is 0 Å². The molecule has 0 saturated carbocycles. The van der Waals surface area contributed by atoms with Crippen molar-refractivity contribution >= 4 is 5.78 Å². The second kappa shape index (κ2) is 3.15. The van der Waals surface area contributed by atoms with Crippen molar-refractivity contribution < 1.29 is 4.79 Å². The molecule has 0 spiro atoms. The number of likely N-dealkylation sites (tertiary alicyclic amines) is 1. The minimum Gasteiger partial charge on any atom is -0.298 e. The van der Waals surface area contributed by atoms with Crippen LogP contribution in [-0.4, -0.2) is 30.3 Å². The Morgan fingerprint density at radius 3 is 2.60 bits per heavy atom. The van der Waals surface area contributed by atoms with Crippen molar-refractivity contribution in [2.24, 2.45) is 0 Å². The van der Waals surface area contributed by atoms with E-state index >= 15 is 0 Å². The number of ketones is 1. The molecule has 58 valence electrons.